The number of fused-ring (bicyclic) bond motifs is 6. The molecule has 48 heavy (non-hydrogen) atoms. The molecule has 1 aromatic heterocycles. The van der Waals surface area contributed by atoms with Gasteiger partial charge in [0.05, 0.1) is 41.4 Å². The average molecular weight is 632 g/mol. The third-order valence-electron chi connectivity index (χ3n) is 10.7. The van der Waals surface area contributed by atoms with Gasteiger partial charge in [0.1, 0.15) is 0 Å². The zero-order chi connectivity index (χ0) is 33.0. The van der Waals surface area contributed by atoms with Gasteiger partial charge in [-0.3, -0.25) is 4.90 Å². The van der Waals surface area contributed by atoms with Gasteiger partial charge in [-0.25, -0.2) is 0 Å². The number of hydrogen-bond acceptors (Lipinski definition) is 5. The van der Waals surface area contributed by atoms with Gasteiger partial charge < -0.3 is 20.8 Å². The van der Waals surface area contributed by atoms with Crippen molar-refractivity contribution in [2.75, 3.05) is 0 Å². The number of allylic oxidation sites excluding steroid dienone is 3. The summed E-state index contributed by atoms with van der Waals surface area (Å²) in [4.78, 5) is 2.11. The lowest BCUT2D eigenvalue weighted by molar-refractivity contribution is -0.0109. The van der Waals surface area contributed by atoms with Crippen molar-refractivity contribution in [3.63, 3.8) is 0 Å². The van der Waals surface area contributed by atoms with Crippen molar-refractivity contribution in [2.24, 2.45) is 17.4 Å². The molecule has 6 nitrogen and oxygen atoms in total. The predicted octanol–water partition coefficient (Wildman–Crippen LogP) is 7.83. The molecular weight excluding hydrogens is 590 g/mol. The second kappa shape index (κ2) is 12.0. The smallest absolute Gasteiger partial charge is 0.0991 e. The maximum atomic E-state index is 9.56. The molecule has 1 aliphatic heterocycles. The van der Waals surface area contributed by atoms with E-state index in [0.717, 1.165) is 35.2 Å². The second-order valence-electron chi connectivity index (χ2n) is 13.7. The van der Waals surface area contributed by atoms with Gasteiger partial charge in [-0.05, 0) is 89.6 Å². The molecule has 8 rings (SSSR count). The van der Waals surface area contributed by atoms with E-state index < -0.39 is 12.3 Å². The van der Waals surface area contributed by atoms with E-state index in [4.69, 9.17) is 16.2 Å². The fourth-order valence-corrected chi connectivity index (χ4v) is 8.33. The van der Waals surface area contributed by atoms with E-state index in [0.29, 0.717) is 12.1 Å². The van der Waals surface area contributed by atoms with Crippen LogP contribution in [-0.2, 0) is 17.7 Å². The summed E-state index contributed by atoms with van der Waals surface area (Å²) >= 11 is 0. The molecule has 0 radical (unpaired) electrons. The second-order valence-corrected chi connectivity index (χ2v) is 13.7. The van der Waals surface area contributed by atoms with Crippen LogP contribution in [0.2, 0.25) is 0 Å². The first-order valence-electron chi connectivity index (χ1n) is 17.0. The third kappa shape index (κ3) is 5.03. The van der Waals surface area contributed by atoms with E-state index in [2.05, 4.69) is 96.2 Å². The molecule has 1 fully saturated rings. The van der Waals surface area contributed by atoms with Crippen molar-refractivity contribution < 1.29 is 4.74 Å². The van der Waals surface area contributed by atoms with E-state index in [9.17, 15) is 5.26 Å². The van der Waals surface area contributed by atoms with Gasteiger partial charge in [-0.1, -0.05) is 91.9 Å². The van der Waals surface area contributed by atoms with Gasteiger partial charge in [-0.2, -0.15) is 5.26 Å². The minimum absolute atomic E-state index is 0.0538. The topological polar surface area (TPSA) is 93.2 Å². The van der Waals surface area contributed by atoms with Crippen LogP contribution < -0.4 is 11.5 Å². The molecule has 0 saturated carbocycles. The summed E-state index contributed by atoms with van der Waals surface area (Å²) in [6, 6.07) is 28.6. The van der Waals surface area contributed by atoms with E-state index in [1.54, 1.807) is 0 Å². The Morgan fingerprint density at radius 2 is 1.77 bits per heavy atom. The number of rotatable bonds is 7. The molecule has 0 bridgehead atoms. The molecule has 3 aliphatic carbocycles. The lowest BCUT2D eigenvalue weighted by Gasteiger charge is -2.35. The third-order valence-corrected chi connectivity index (χ3v) is 10.7. The highest BCUT2D eigenvalue weighted by Gasteiger charge is 2.51. The Labute approximate surface area is 282 Å². The maximum Gasteiger partial charge on any atom is 0.0991 e. The predicted molar refractivity (Wildman–Crippen MR) is 192 cm³/mol. The van der Waals surface area contributed by atoms with E-state index in [-0.39, 0.29) is 23.5 Å². The number of aromatic nitrogens is 1. The highest BCUT2D eigenvalue weighted by molar-refractivity contribution is 5.73. The molecule has 0 amide bonds. The Kier molecular flexibility index (Phi) is 7.66. The number of ether oxygens (including phenoxy) is 1. The fraction of sp³-hybridized carbons (Fsp3) is 0.262. The van der Waals surface area contributed by atoms with Crippen LogP contribution in [0.4, 0.5) is 0 Å². The van der Waals surface area contributed by atoms with Crippen molar-refractivity contribution in [1.82, 2.24) is 9.47 Å². The number of nitrogens with two attached hydrogens (primary N) is 2. The van der Waals surface area contributed by atoms with Gasteiger partial charge in [-0.15, -0.1) is 0 Å². The average Bonchev–Trinajstić information content (AvgIpc) is 3.62. The highest BCUT2D eigenvalue weighted by atomic mass is 16.5. The zero-order valence-electron chi connectivity index (χ0n) is 27.5. The summed E-state index contributed by atoms with van der Waals surface area (Å²) in [5.74, 6) is 0.450. The first-order valence-corrected chi connectivity index (χ1v) is 17.0. The van der Waals surface area contributed by atoms with Crippen molar-refractivity contribution >= 4 is 12.2 Å². The largest absolute Gasteiger partial charge is 0.362 e. The molecule has 2 heterocycles. The van der Waals surface area contributed by atoms with E-state index >= 15 is 0 Å². The quantitative estimate of drug-likeness (QED) is 0.203. The lowest BCUT2D eigenvalue weighted by Crippen LogP contribution is -2.41. The van der Waals surface area contributed by atoms with Crippen LogP contribution in [0, 0.1) is 17.2 Å². The van der Waals surface area contributed by atoms with Crippen LogP contribution in [-0.4, -0.2) is 21.2 Å². The Hall–Kier alpha value is -4.77. The normalized spacial score (nSPS) is 24.7. The molecular formula is C42H41N5O. The van der Waals surface area contributed by atoms with Crippen LogP contribution in [0.25, 0.3) is 17.8 Å². The first-order chi connectivity index (χ1) is 23.4. The molecule has 4 aromatic rings. The number of benzene rings is 3. The number of hydrogen-bond donors (Lipinski definition) is 2. The summed E-state index contributed by atoms with van der Waals surface area (Å²) in [6.45, 7) is 5.04. The van der Waals surface area contributed by atoms with Crippen LogP contribution in [0.1, 0.15) is 83.3 Å². The minimum atomic E-state index is -0.506. The SMILES string of the molecule is CC1c2c3c(n(-c4cccc(C(N)N(Cc5cccc(C#N)c5)C(N)c5ccccc5)c4)c2C=C2C1OC1(C)C=CC=CC21)C=CCC3. The molecule has 6 heteroatoms. The molecule has 240 valence electrons. The Morgan fingerprint density at radius 3 is 2.60 bits per heavy atom. The summed E-state index contributed by atoms with van der Waals surface area (Å²) in [5.41, 5.74) is 25.1. The summed E-state index contributed by atoms with van der Waals surface area (Å²) in [6.07, 6.45) is 16.9. The van der Waals surface area contributed by atoms with Gasteiger partial charge in [0.25, 0.3) is 0 Å². The molecule has 6 unspecified atom stereocenters. The first kappa shape index (κ1) is 30.6. The van der Waals surface area contributed by atoms with Crippen molar-refractivity contribution in [1.29, 1.82) is 5.26 Å². The van der Waals surface area contributed by atoms with Crippen molar-refractivity contribution in [2.45, 2.75) is 63.2 Å². The molecule has 6 atom stereocenters. The Bertz CT molecular complexity index is 2050. The molecule has 4 aliphatic rings. The standard InChI is InChI=1S/C42H41N5O/c1-27-38-33-18-6-7-20-36(33)47(37(38)24-34-35-19-8-9-21-42(35,2)48-39(27)34)32-17-11-16-31(23-32)41(45)46(40(44)30-14-4-3-5-15-30)26-29-13-10-12-28(22-29)25-43/h3-5,7-17,19-24,27,35,39-41H,6,18,26,44-45H2,1-2H3. The maximum absolute atomic E-state index is 9.56. The zero-order valence-corrected chi connectivity index (χ0v) is 27.5. The van der Waals surface area contributed by atoms with Crippen molar-refractivity contribution in [3.05, 3.63) is 160 Å². The van der Waals surface area contributed by atoms with Gasteiger partial charge >= 0.3 is 0 Å². The molecule has 0 spiro atoms. The highest BCUT2D eigenvalue weighted by Crippen LogP contribution is 2.53. The van der Waals surface area contributed by atoms with Crippen LogP contribution in [0.15, 0.2) is 115 Å². The van der Waals surface area contributed by atoms with Gasteiger partial charge in [0.2, 0.25) is 0 Å². The van der Waals surface area contributed by atoms with Gasteiger partial charge in [0.15, 0.2) is 0 Å². The Balaban J connectivity index is 1.22. The number of nitriles is 1. The summed E-state index contributed by atoms with van der Waals surface area (Å²) in [7, 11) is 0. The summed E-state index contributed by atoms with van der Waals surface area (Å²) < 4.78 is 9.28. The van der Waals surface area contributed by atoms with Crippen LogP contribution >= 0.6 is 0 Å². The van der Waals surface area contributed by atoms with Crippen molar-refractivity contribution in [3.8, 4) is 11.8 Å². The van der Waals surface area contributed by atoms with Crippen LogP contribution in [0.3, 0.4) is 0 Å². The van der Waals surface area contributed by atoms with E-state index in [1.807, 2.05) is 54.6 Å². The molecule has 3 aromatic carbocycles. The lowest BCUT2D eigenvalue weighted by atomic mass is 9.75. The summed E-state index contributed by atoms with van der Waals surface area (Å²) in [5, 5.41) is 9.56. The van der Waals surface area contributed by atoms with E-state index in [1.165, 1.54) is 28.1 Å². The monoisotopic (exact) mass is 631 g/mol. The molecule has 1 saturated heterocycles. The molecule has 4 N–H and O–H groups in total. The fourth-order valence-electron chi connectivity index (χ4n) is 8.33. The van der Waals surface area contributed by atoms with Crippen LogP contribution in [0.5, 0.6) is 0 Å². The minimum Gasteiger partial charge on any atom is -0.362 e. The number of nitrogens with zero attached hydrogens (tertiary/aromatic N) is 3. The van der Waals surface area contributed by atoms with Gasteiger partial charge in [0, 0.05) is 29.8 Å². The Morgan fingerprint density at radius 1 is 0.979 bits per heavy atom.